The lowest BCUT2D eigenvalue weighted by molar-refractivity contribution is -0.375. The second kappa shape index (κ2) is 43.0. The monoisotopic (exact) mass is 859 g/mol. The van der Waals surface area contributed by atoms with Crippen molar-refractivity contribution in [3.05, 3.63) is 0 Å². The maximum Gasteiger partial charge on any atom is 0.403 e. The maximum atomic E-state index is 12.7. The van der Waals surface area contributed by atoms with E-state index in [-0.39, 0.29) is 12.8 Å². The molecule has 0 fully saturated rings. The molecular formula is C50H98O10. The van der Waals surface area contributed by atoms with Crippen molar-refractivity contribution in [1.82, 2.24) is 0 Å². The summed E-state index contributed by atoms with van der Waals surface area (Å²) in [6.45, 7) is 3.58. The number of carbonyl (C=O) groups is 2. The van der Waals surface area contributed by atoms with Gasteiger partial charge in [-0.15, -0.1) is 0 Å². The van der Waals surface area contributed by atoms with Crippen LogP contribution in [0.1, 0.15) is 271 Å². The maximum absolute atomic E-state index is 12.7. The van der Waals surface area contributed by atoms with Gasteiger partial charge in [-0.2, -0.15) is 0 Å². The summed E-state index contributed by atoms with van der Waals surface area (Å²) in [5, 5.41) is 61.3. The molecule has 10 nitrogen and oxygen atoms in total. The molecule has 10 heteroatoms. The van der Waals surface area contributed by atoms with Crippen LogP contribution >= 0.6 is 0 Å². The molecule has 0 aromatic carbocycles. The van der Waals surface area contributed by atoms with E-state index in [1.807, 2.05) is 0 Å². The van der Waals surface area contributed by atoms with Gasteiger partial charge in [0.05, 0.1) is 6.61 Å². The van der Waals surface area contributed by atoms with Gasteiger partial charge in [0.1, 0.15) is 18.3 Å². The highest BCUT2D eigenvalue weighted by Gasteiger charge is 2.51. The van der Waals surface area contributed by atoms with E-state index in [1.54, 1.807) is 0 Å². The number of aliphatic hydroxyl groups excluding tert-OH is 5. The number of hydrogen-bond acceptors (Lipinski definition) is 10. The van der Waals surface area contributed by atoms with E-state index >= 15 is 0 Å². The number of rotatable bonds is 47. The van der Waals surface area contributed by atoms with Crippen LogP contribution in [-0.4, -0.2) is 79.6 Å². The molecule has 0 rings (SSSR count). The first kappa shape index (κ1) is 58.7. The van der Waals surface area contributed by atoms with Crippen LogP contribution < -0.4 is 0 Å². The third-order valence-electron chi connectivity index (χ3n) is 12.1. The van der Waals surface area contributed by atoms with E-state index in [0.29, 0.717) is 12.8 Å². The summed E-state index contributed by atoms with van der Waals surface area (Å²) < 4.78 is 10.1. The van der Waals surface area contributed by atoms with Gasteiger partial charge < -0.3 is 40.1 Å². The fourth-order valence-electron chi connectivity index (χ4n) is 8.00. The van der Waals surface area contributed by atoms with Gasteiger partial charge in [0, 0.05) is 12.8 Å². The van der Waals surface area contributed by atoms with Gasteiger partial charge in [-0.05, 0) is 12.8 Å². The highest BCUT2D eigenvalue weighted by atomic mass is 16.8. The summed E-state index contributed by atoms with van der Waals surface area (Å²) >= 11 is 0. The Hall–Kier alpha value is -1.30. The minimum atomic E-state index is -3.29. The summed E-state index contributed by atoms with van der Waals surface area (Å²) in [6, 6.07) is 0. The standard InChI is InChI=1S/C50H98O10/c1-3-5-7-9-11-13-15-17-19-21-23-25-27-29-31-33-35-37-39-41-45(53)59-50(58,49(57)48(56)47(55)44(52)43-51)60-46(54)42-40-38-36-34-32-30-28-26-24-22-20-18-16-14-12-10-8-6-4-2/h44,47-49,51-52,55-58H,3-43H2,1-2H3/t44-,47+,48+,49+/m0/s1. The van der Waals surface area contributed by atoms with Gasteiger partial charge in [0.15, 0.2) is 6.10 Å². The molecule has 358 valence electrons. The first-order chi connectivity index (χ1) is 29.1. The van der Waals surface area contributed by atoms with Crippen molar-refractivity contribution in [2.24, 2.45) is 0 Å². The Morgan fingerprint density at radius 3 is 0.817 bits per heavy atom. The lowest BCUT2D eigenvalue weighted by atomic mass is 10.0. The predicted octanol–water partition coefficient (Wildman–Crippen LogP) is 11.8. The molecule has 0 aromatic heterocycles. The fourth-order valence-corrected chi connectivity index (χ4v) is 8.00. The molecule has 0 bridgehead atoms. The summed E-state index contributed by atoms with van der Waals surface area (Å²) in [6.07, 6.45) is 37.2. The molecule has 0 saturated carbocycles. The van der Waals surface area contributed by atoms with Crippen molar-refractivity contribution in [2.75, 3.05) is 6.61 Å². The SMILES string of the molecule is CCCCCCCCCCCCCCCCCCCCCC(=O)OC(O)(OC(=O)CCCCCCCCCCCCCCCCCCCCC)[C@H](O)[C@H](O)[C@H](O)[C@@H](O)CO. The van der Waals surface area contributed by atoms with Crippen molar-refractivity contribution >= 4 is 11.9 Å². The number of hydrogen-bond donors (Lipinski definition) is 6. The minimum Gasteiger partial charge on any atom is -0.396 e. The van der Waals surface area contributed by atoms with Crippen molar-refractivity contribution < 1.29 is 49.7 Å². The van der Waals surface area contributed by atoms with E-state index < -0.39 is 48.9 Å². The van der Waals surface area contributed by atoms with Crippen LogP contribution in [0, 0.1) is 0 Å². The molecule has 0 aliphatic rings. The van der Waals surface area contributed by atoms with Crippen LogP contribution in [0.5, 0.6) is 0 Å². The van der Waals surface area contributed by atoms with Crippen LogP contribution in [0.3, 0.4) is 0 Å². The van der Waals surface area contributed by atoms with Crippen molar-refractivity contribution in [3.63, 3.8) is 0 Å². The van der Waals surface area contributed by atoms with Gasteiger partial charge in [-0.1, -0.05) is 245 Å². The number of unbranched alkanes of at least 4 members (excludes halogenated alkanes) is 36. The average molecular weight is 859 g/mol. The lowest BCUT2D eigenvalue weighted by Gasteiger charge is -2.35. The van der Waals surface area contributed by atoms with Crippen molar-refractivity contribution in [2.45, 2.75) is 301 Å². The second-order valence-electron chi connectivity index (χ2n) is 18.0. The zero-order chi connectivity index (χ0) is 44.4. The molecule has 0 amide bonds. The minimum absolute atomic E-state index is 0.108. The molecule has 4 atom stereocenters. The summed E-state index contributed by atoms with van der Waals surface area (Å²) in [7, 11) is 0. The number of carbonyl (C=O) groups excluding carboxylic acids is 2. The molecule has 0 heterocycles. The Kier molecular flexibility index (Phi) is 42.0. The van der Waals surface area contributed by atoms with Gasteiger partial charge in [0.2, 0.25) is 0 Å². The van der Waals surface area contributed by atoms with Crippen LogP contribution in [0.2, 0.25) is 0 Å². The zero-order valence-corrected chi connectivity index (χ0v) is 39.1. The molecule has 6 N–H and O–H groups in total. The highest BCUT2D eigenvalue weighted by Crippen LogP contribution is 2.24. The van der Waals surface area contributed by atoms with E-state index in [0.717, 1.165) is 51.4 Å². The van der Waals surface area contributed by atoms with Gasteiger partial charge in [0.25, 0.3) is 0 Å². The number of esters is 2. The normalized spacial score (nSPS) is 13.9. The molecule has 0 radical (unpaired) electrons. The van der Waals surface area contributed by atoms with Gasteiger partial charge >= 0.3 is 17.9 Å². The zero-order valence-electron chi connectivity index (χ0n) is 39.1. The molecular weight excluding hydrogens is 761 g/mol. The summed E-state index contributed by atoms with van der Waals surface area (Å²) in [5.74, 6) is -5.17. The lowest BCUT2D eigenvalue weighted by Crippen LogP contribution is -2.59. The molecule has 0 unspecified atom stereocenters. The summed E-state index contributed by atoms with van der Waals surface area (Å²) in [5.41, 5.74) is 0. The Labute approximate surface area is 368 Å². The van der Waals surface area contributed by atoms with Gasteiger partial charge in [-0.3, -0.25) is 9.59 Å². The summed E-state index contributed by atoms with van der Waals surface area (Å²) in [4.78, 5) is 25.5. The Bertz CT molecular complexity index is 877. The van der Waals surface area contributed by atoms with Crippen molar-refractivity contribution in [3.8, 4) is 0 Å². The quantitative estimate of drug-likeness (QED) is 0.0196. The first-order valence-corrected chi connectivity index (χ1v) is 25.6. The number of aliphatic hydroxyl groups is 6. The van der Waals surface area contributed by atoms with E-state index in [9.17, 15) is 35.1 Å². The molecule has 0 spiro atoms. The van der Waals surface area contributed by atoms with E-state index in [2.05, 4.69) is 13.8 Å². The first-order valence-electron chi connectivity index (χ1n) is 25.6. The Balaban J connectivity index is 4.27. The number of ether oxygens (including phenoxy) is 2. The largest absolute Gasteiger partial charge is 0.403 e. The van der Waals surface area contributed by atoms with Crippen molar-refractivity contribution in [1.29, 1.82) is 0 Å². The second-order valence-corrected chi connectivity index (χ2v) is 18.0. The smallest absolute Gasteiger partial charge is 0.396 e. The van der Waals surface area contributed by atoms with Crippen LogP contribution in [-0.2, 0) is 19.1 Å². The topological polar surface area (TPSA) is 174 Å². The molecule has 0 aliphatic heterocycles. The molecule has 60 heavy (non-hydrogen) atoms. The average Bonchev–Trinajstić information content (AvgIpc) is 3.24. The third-order valence-corrected chi connectivity index (χ3v) is 12.1. The fraction of sp³-hybridized carbons (Fsp3) is 0.960. The van der Waals surface area contributed by atoms with E-state index in [4.69, 9.17) is 14.6 Å². The van der Waals surface area contributed by atoms with E-state index in [1.165, 1.54) is 180 Å². The van der Waals surface area contributed by atoms with Gasteiger partial charge in [-0.25, -0.2) is 0 Å². The predicted molar refractivity (Wildman–Crippen MR) is 244 cm³/mol. The third kappa shape index (κ3) is 35.2. The Morgan fingerprint density at radius 2 is 0.600 bits per heavy atom. The van der Waals surface area contributed by atoms with Crippen LogP contribution in [0.25, 0.3) is 0 Å². The Morgan fingerprint density at radius 1 is 0.383 bits per heavy atom. The van der Waals surface area contributed by atoms with Crippen LogP contribution in [0.15, 0.2) is 0 Å². The van der Waals surface area contributed by atoms with Crippen LogP contribution in [0.4, 0.5) is 0 Å². The highest BCUT2D eigenvalue weighted by molar-refractivity contribution is 5.72. The molecule has 0 aliphatic carbocycles. The molecule has 0 saturated heterocycles. The molecule has 0 aromatic rings.